The number of rotatable bonds is 5. The van der Waals surface area contributed by atoms with Gasteiger partial charge in [-0.25, -0.2) is 4.98 Å². The van der Waals surface area contributed by atoms with Crippen LogP contribution in [0.15, 0.2) is 67.0 Å². The molecule has 4 aromatic rings. The molecule has 0 N–H and O–H groups in total. The molecule has 0 saturated carbocycles. The molecule has 29 heavy (non-hydrogen) atoms. The Kier molecular flexibility index (Phi) is 6.11. The molecule has 4 rings (SSSR count). The molecule has 0 bridgehead atoms. The number of ether oxygens (including phenoxy) is 1. The number of aromatic nitrogens is 3. The van der Waals surface area contributed by atoms with Crippen molar-refractivity contribution in [3.8, 4) is 17.7 Å². The van der Waals surface area contributed by atoms with Gasteiger partial charge in [0.2, 0.25) is 5.88 Å². The van der Waals surface area contributed by atoms with Crippen LogP contribution in [0.4, 0.5) is 0 Å². The lowest BCUT2D eigenvalue weighted by Gasteiger charge is -2.10. The van der Waals surface area contributed by atoms with E-state index in [0.717, 1.165) is 38.6 Å². The second kappa shape index (κ2) is 9.10. The Hall–Kier alpha value is -2.85. The molecular formula is C24H20IN3O. The Morgan fingerprint density at radius 1 is 1.10 bits per heavy atom. The number of hydrogen-bond acceptors (Lipinski definition) is 3. The molecule has 0 aliphatic heterocycles. The molecule has 0 amide bonds. The van der Waals surface area contributed by atoms with E-state index in [1.807, 2.05) is 41.2 Å². The topological polar surface area (TPSA) is 39.9 Å². The Morgan fingerprint density at radius 2 is 1.97 bits per heavy atom. The van der Waals surface area contributed by atoms with E-state index in [4.69, 9.17) is 4.74 Å². The summed E-state index contributed by atoms with van der Waals surface area (Å²) in [6.07, 6.45) is 4.46. The highest BCUT2D eigenvalue weighted by molar-refractivity contribution is 14.1. The van der Waals surface area contributed by atoms with Crippen LogP contribution < -0.4 is 4.74 Å². The number of nitrogens with zero attached hydrogens (tertiary/aromatic N) is 3. The highest BCUT2D eigenvalue weighted by Gasteiger charge is 2.11. The molecule has 0 aliphatic rings. The van der Waals surface area contributed by atoms with E-state index in [2.05, 4.69) is 75.7 Å². The van der Waals surface area contributed by atoms with Crippen molar-refractivity contribution in [3.05, 3.63) is 87.3 Å². The minimum Gasteiger partial charge on any atom is -0.472 e. The number of benzene rings is 2. The van der Waals surface area contributed by atoms with Crippen LogP contribution in [-0.2, 0) is 13.2 Å². The van der Waals surface area contributed by atoms with Gasteiger partial charge in [0.15, 0.2) is 0 Å². The molecule has 5 heteroatoms. The van der Waals surface area contributed by atoms with E-state index in [1.54, 1.807) is 6.20 Å². The van der Waals surface area contributed by atoms with Crippen LogP contribution in [-0.4, -0.2) is 14.8 Å². The third-order valence-corrected chi connectivity index (χ3v) is 5.35. The predicted octanol–water partition coefficient (Wildman–Crippen LogP) is 5.42. The third kappa shape index (κ3) is 4.60. The summed E-state index contributed by atoms with van der Waals surface area (Å²) in [4.78, 5) is 4.33. The van der Waals surface area contributed by atoms with Gasteiger partial charge in [0.25, 0.3) is 0 Å². The zero-order chi connectivity index (χ0) is 20.1. The Labute approximate surface area is 184 Å². The summed E-state index contributed by atoms with van der Waals surface area (Å²) in [5.41, 5.74) is 4.30. The SMILES string of the molecule is CCC#Cc1cc2cnn(Cc3ccccc3)c2cc1COc1ncccc1I. The maximum absolute atomic E-state index is 6.01. The number of fused-ring (bicyclic) bond motifs is 1. The lowest BCUT2D eigenvalue weighted by atomic mass is 10.1. The normalized spacial score (nSPS) is 10.6. The van der Waals surface area contributed by atoms with Gasteiger partial charge in [-0.2, -0.15) is 5.10 Å². The van der Waals surface area contributed by atoms with Gasteiger partial charge >= 0.3 is 0 Å². The molecule has 2 aromatic heterocycles. The summed E-state index contributed by atoms with van der Waals surface area (Å²) in [6.45, 7) is 3.19. The predicted molar refractivity (Wildman–Crippen MR) is 124 cm³/mol. The van der Waals surface area contributed by atoms with Crippen molar-refractivity contribution in [1.29, 1.82) is 0 Å². The molecule has 0 aliphatic carbocycles. The van der Waals surface area contributed by atoms with E-state index in [1.165, 1.54) is 5.56 Å². The first kappa shape index (κ1) is 19.5. The molecule has 0 unspecified atom stereocenters. The fourth-order valence-corrected chi connectivity index (χ4v) is 3.60. The van der Waals surface area contributed by atoms with Crippen LogP contribution in [0.5, 0.6) is 5.88 Å². The summed E-state index contributed by atoms with van der Waals surface area (Å²) in [7, 11) is 0. The van der Waals surface area contributed by atoms with Crippen LogP contribution in [0.3, 0.4) is 0 Å². The van der Waals surface area contributed by atoms with Gasteiger partial charge in [-0.15, -0.1) is 0 Å². The molecule has 0 spiro atoms. The standard InChI is InChI=1S/C24H20IN3O/c1-2-3-10-19-13-20-15-27-28(16-18-8-5-4-6-9-18)23(20)14-21(19)17-29-24-22(25)11-7-12-26-24/h4-9,11-15H,2,16-17H2,1H3. The van der Waals surface area contributed by atoms with Gasteiger partial charge in [-0.1, -0.05) is 49.1 Å². The number of hydrogen-bond donors (Lipinski definition) is 0. The Balaban J connectivity index is 1.69. The quantitative estimate of drug-likeness (QED) is 0.275. The van der Waals surface area contributed by atoms with E-state index in [-0.39, 0.29) is 0 Å². The van der Waals surface area contributed by atoms with Crippen molar-refractivity contribution in [1.82, 2.24) is 14.8 Å². The van der Waals surface area contributed by atoms with Gasteiger partial charge < -0.3 is 4.74 Å². The molecular weight excluding hydrogens is 473 g/mol. The lowest BCUT2D eigenvalue weighted by Crippen LogP contribution is -2.04. The maximum Gasteiger partial charge on any atom is 0.227 e. The molecule has 0 radical (unpaired) electrons. The minimum atomic E-state index is 0.410. The van der Waals surface area contributed by atoms with E-state index in [0.29, 0.717) is 12.5 Å². The summed E-state index contributed by atoms with van der Waals surface area (Å²) in [5.74, 6) is 7.09. The van der Waals surface area contributed by atoms with Gasteiger partial charge in [0, 0.05) is 29.1 Å². The smallest absolute Gasteiger partial charge is 0.227 e. The summed E-state index contributed by atoms with van der Waals surface area (Å²) < 4.78 is 9.02. The molecule has 0 fully saturated rings. The van der Waals surface area contributed by atoms with E-state index < -0.39 is 0 Å². The van der Waals surface area contributed by atoms with E-state index >= 15 is 0 Å². The summed E-state index contributed by atoms with van der Waals surface area (Å²) in [5, 5.41) is 5.68. The average Bonchev–Trinajstić information content (AvgIpc) is 3.13. The monoisotopic (exact) mass is 493 g/mol. The fourth-order valence-electron chi connectivity index (χ4n) is 3.09. The fraction of sp³-hybridized carbons (Fsp3) is 0.167. The van der Waals surface area contributed by atoms with Crippen LogP contribution >= 0.6 is 22.6 Å². The first-order chi connectivity index (χ1) is 14.2. The zero-order valence-corrected chi connectivity index (χ0v) is 18.3. The summed E-state index contributed by atoms with van der Waals surface area (Å²) in [6, 6.07) is 18.5. The van der Waals surface area contributed by atoms with Gasteiger partial charge in [0.1, 0.15) is 6.61 Å². The summed E-state index contributed by atoms with van der Waals surface area (Å²) >= 11 is 2.24. The van der Waals surface area contributed by atoms with Crippen molar-refractivity contribution in [3.63, 3.8) is 0 Å². The van der Waals surface area contributed by atoms with Crippen molar-refractivity contribution in [2.24, 2.45) is 0 Å². The zero-order valence-electron chi connectivity index (χ0n) is 16.1. The highest BCUT2D eigenvalue weighted by atomic mass is 127. The Bertz CT molecular complexity index is 1190. The van der Waals surface area contributed by atoms with Crippen LogP contribution in [0.25, 0.3) is 10.9 Å². The van der Waals surface area contributed by atoms with E-state index in [9.17, 15) is 0 Å². The Morgan fingerprint density at radius 3 is 2.76 bits per heavy atom. The number of halogens is 1. The highest BCUT2D eigenvalue weighted by Crippen LogP contribution is 2.23. The largest absolute Gasteiger partial charge is 0.472 e. The maximum atomic E-state index is 6.01. The van der Waals surface area contributed by atoms with Crippen LogP contribution in [0.1, 0.15) is 30.0 Å². The number of pyridine rings is 1. The minimum absolute atomic E-state index is 0.410. The molecule has 2 heterocycles. The van der Waals surface area contributed by atoms with Crippen molar-refractivity contribution < 1.29 is 4.74 Å². The molecule has 144 valence electrons. The van der Waals surface area contributed by atoms with Gasteiger partial charge in [-0.3, -0.25) is 4.68 Å². The van der Waals surface area contributed by atoms with Crippen molar-refractivity contribution >= 4 is 33.5 Å². The lowest BCUT2D eigenvalue weighted by molar-refractivity contribution is 0.291. The first-order valence-electron chi connectivity index (χ1n) is 9.49. The molecule has 4 nitrogen and oxygen atoms in total. The van der Waals surface area contributed by atoms with Crippen LogP contribution in [0, 0.1) is 15.4 Å². The van der Waals surface area contributed by atoms with Gasteiger partial charge in [0.05, 0.1) is 21.8 Å². The molecule has 2 aromatic carbocycles. The average molecular weight is 493 g/mol. The van der Waals surface area contributed by atoms with Crippen LogP contribution in [0.2, 0.25) is 0 Å². The van der Waals surface area contributed by atoms with Crippen molar-refractivity contribution in [2.45, 2.75) is 26.5 Å². The second-order valence-corrected chi connectivity index (χ2v) is 7.75. The van der Waals surface area contributed by atoms with Gasteiger partial charge in [-0.05, 0) is 52.4 Å². The second-order valence-electron chi connectivity index (χ2n) is 6.59. The third-order valence-electron chi connectivity index (χ3n) is 4.53. The molecule has 0 atom stereocenters. The molecule has 0 saturated heterocycles. The van der Waals surface area contributed by atoms with Crippen molar-refractivity contribution in [2.75, 3.05) is 0 Å². The first-order valence-corrected chi connectivity index (χ1v) is 10.6.